The molecule has 0 aliphatic carbocycles. The van der Waals surface area contributed by atoms with Crippen molar-refractivity contribution in [2.75, 3.05) is 31.7 Å². The molecule has 0 saturated carbocycles. The summed E-state index contributed by atoms with van der Waals surface area (Å²) >= 11 is 1.26. The normalized spacial score (nSPS) is 15.0. The number of furan rings is 1. The Kier molecular flexibility index (Phi) is 8.02. The van der Waals surface area contributed by atoms with Crippen LogP contribution in [0.3, 0.4) is 0 Å². The summed E-state index contributed by atoms with van der Waals surface area (Å²) < 4.78 is 19.1. The van der Waals surface area contributed by atoms with Crippen molar-refractivity contribution in [2.45, 2.75) is 26.8 Å². The van der Waals surface area contributed by atoms with Crippen LogP contribution in [0.4, 0.5) is 5.88 Å². The molecular weight excluding hydrogens is 526 g/mol. The lowest BCUT2D eigenvalue weighted by Crippen LogP contribution is -2.40. The van der Waals surface area contributed by atoms with Crippen LogP contribution in [-0.2, 0) is 9.53 Å². The maximum absolute atomic E-state index is 14.0. The number of benzene rings is 2. The molecule has 40 heavy (non-hydrogen) atoms. The molecule has 8 nitrogen and oxygen atoms in total. The van der Waals surface area contributed by atoms with Crippen LogP contribution in [0.5, 0.6) is 5.75 Å². The molecule has 5 rings (SSSR count). The number of esters is 1. The third-order valence-corrected chi connectivity index (χ3v) is 7.73. The molecule has 0 N–H and O–H groups in total. The Hall–Kier alpha value is -4.37. The summed E-state index contributed by atoms with van der Waals surface area (Å²) in [5.74, 6) is 1.40. The lowest BCUT2D eigenvalue weighted by molar-refractivity contribution is -0.138. The summed E-state index contributed by atoms with van der Waals surface area (Å²) in [5, 5.41) is 0. The van der Waals surface area contributed by atoms with Gasteiger partial charge in [0.1, 0.15) is 11.5 Å². The number of anilines is 1. The van der Waals surface area contributed by atoms with Crippen LogP contribution in [-0.4, -0.2) is 37.3 Å². The van der Waals surface area contributed by atoms with E-state index in [9.17, 15) is 9.59 Å². The second-order valence-electron chi connectivity index (χ2n) is 9.06. The Balaban J connectivity index is 1.77. The molecule has 0 saturated heterocycles. The van der Waals surface area contributed by atoms with Crippen molar-refractivity contribution < 1.29 is 18.7 Å². The fourth-order valence-electron chi connectivity index (χ4n) is 4.82. The number of rotatable bonds is 9. The van der Waals surface area contributed by atoms with Crippen LogP contribution >= 0.6 is 11.3 Å². The molecule has 0 bridgehead atoms. The number of methoxy groups -OCH3 is 1. The molecule has 0 spiro atoms. The molecule has 0 fully saturated rings. The molecule has 206 valence electrons. The first kappa shape index (κ1) is 27.2. The number of hydrogen-bond donors (Lipinski definition) is 0. The highest BCUT2D eigenvalue weighted by molar-refractivity contribution is 7.07. The topological polar surface area (TPSA) is 86.3 Å². The van der Waals surface area contributed by atoms with Crippen LogP contribution < -0.4 is 24.5 Å². The van der Waals surface area contributed by atoms with E-state index in [0.717, 1.165) is 24.5 Å². The Morgan fingerprint density at radius 2 is 1.85 bits per heavy atom. The summed E-state index contributed by atoms with van der Waals surface area (Å²) in [4.78, 5) is 35.0. The minimum atomic E-state index is -0.773. The zero-order chi connectivity index (χ0) is 28.2. The number of fused-ring (bicyclic) bond motifs is 1. The minimum absolute atomic E-state index is 0.188. The average Bonchev–Trinajstić information content (AvgIpc) is 3.57. The van der Waals surface area contributed by atoms with Crippen LogP contribution in [0.1, 0.15) is 43.7 Å². The first-order valence-corrected chi connectivity index (χ1v) is 14.1. The van der Waals surface area contributed by atoms with E-state index >= 15 is 0 Å². The van der Waals surface area contributed by atoms with Gasteiger partial charge in [-0.25, -0.2) is 9.79 Å². The van der Waals surface area contributed by atoms with E-state index in [1.807, 2.05) is 66.7 Å². The number of hydrogen-bond acceptors (Lipinski definition) is 8. The molecular formula is C31H31N3O5S. The third-order valence-electron chi connectivity index (χ3n) is 6.74. The SMILES string of the molecule is CCOC(=O)C1=C(c2ccccc2)N=c2s/c(=C/c3ccc(N(CC)CC)o3)c(=O)n2[C@H]1c1cccc(OC)c1. The molecule has 2 aromatic carbocycles. The smallest absolute Gasteiger partial charge is 0.338 e. The first-order chi connectivity index (χ1) is 19.5. The predicted molar refractivity (Wildman–Crippen MR) is 156 cm³/mol. The summed E-state index contributed by atoms with van der Waals surface area (Å²) in [5.41, 5.74) is 1.96. The molecule has 0 unspecified atom stereocenters. The third kappa shape index (κ3) is 5.12. The molecule has 3 heterocycles. The molecule has 2 aromatic heterocycles. The monoisotopic (exact) mass is 557 g/mol. The van der Waals surface area contributed by atoms with Gasteiger partial charge in [-0.3, -0.25) is 9.36 Å². The Bertz CT molecular complexity index is 1730. The van der Waals surface area contributed by atoms with Crippen LogP contribution in [0, 0.1) is 0 Å². The number of aromatic nitrogens is 1. The zero-order valence-electron chi connectivity index (χ0n) is 22.9. The maximum atomic E-state index is 14.0. The quantitative estimate of drug-likeness (QED) is 0.284. The minimum Gasteiger partial charge on any atom is -0.497 e. The molecule has 1 aliphatic heterocycles. The van der Waals surface area contributed by atoms with Gasteiger partial charge < -0.3 is 18.8 Å². The van der Waals surface area contributed by atoms with Gasteiger partial charge in [0.05, 0.1) is 35.6 Å². The van der Waals surface area contributed by atoms with Gasteiger partial charge in [-0.1, -0.05) is 53.8 Å². The van der Waals surface area contributed by atoms with Crippen LogP contribution in [0.2, 0.25) is 0 Å². The lowest BCUT2D eigenvalue weighted by Gasteiger charge is -2.26. The Morgan fingerprint density at radius 3 is 2.55 bits per heavy atom. The molecule has 0 amide bonds. The molecule has 0 radical (unpaired) electrons. The van der Waals surface area contributed by atoms with E-state index in [2.05, 4.69) is 18.7 Å². The largest absolute Gasteiger partial charge is 0.497 e. The van der Waals surface area contributed by atoms with Crippen molar-refractivity contribution in [3.63, 3.8) is 0 Å². The van der Waals surface area contributed by atoms with Gasteiger partial charge in [-0.05, 0) is 44.5 Å². The number of nitrogens with zero attached hydrogens (tertiary/aromatic N) is 3. The van der Waals surface area contributed by atoms with Gasteiger partial charge in [0.15, 0.2) is 10.7 Å². The van der Waals surface area contributed by atoms with E-state index in [1.54, 1.807) is 24.7 Å². The molecule has 1 atom stereocenters. The van der Waals surface area contributed by atoms with Crippen molar-refractivity contribution in [2.24, 2.45) is 4.99 Å². The van der Waals surface area contributed by atoms with Crippen LogP contribution in [0.25, 0.3) is 11.8 Å². The number of thiazole rings is 1. The fourth-order valence-corrected chi connectivity index (χ4v) is 5.80. The highest BCUT2D eigenvalue weighted by Crippen LogP contribution is 2.36. The first-order valence-electron chi connectivity index (χ1n) is 13.3. The van der Waals surface area contributed by atoms with Gasteiger partial charge in [0, 0.05) is 30.8 Å². The summed E-state index contributed by atoms with van der Waals surface area (Å²) in [7, 11) is 1.58. The van der Waals surface area contributed by atoms with E-state index in [1.165, 1.54) is 11.3 Å². The van der Waals surface area contributed by atoms with Crippen molar-refractivity contribution in [1.82, 2.24) is 4.57 Å². The predicted octanol–water partition coefficient (Wildman–Crippen LogP) is 4.38. The van der Waals surface area contributed by atoms with Crippen molar-refractivity contribution >= 4 is 35.0 Å². The van der Waals surface area contributed by atoms with Gasteiger partial charge in [0.2, 0.25) is 0 Å². The highest BCUT2D eigenvalue weighted by atomic mass is 32.1. The lowest BCUT2D eigenvalue weighted by atomic mass is 9.93. The number of ether oxygens (including phenoxy) is 2. The summed E-state index contributed by atoms with van der Waals surface area (Å²) in [6, 6.07) is 19.8. The van der Waals surface area contributed by atoms with E-state index in [-0.39, 0.29) is 12.2 Å². The number of carbonyl (C=O) groups excluding carboxylic acids is 1. The zero-order valence-corrected chi connectivity index (χ0v) is 23.7. The maximum Gasteiger partial charge on any atom is 0.338 e. The van der Waals surface area contributed by atoms with Gasteiger partial charge in [-0.2, -0.15) is 0 Å². The summed E-state index contributed by atoms with van der Waals surface area (Å²) in [6.07, 6.45) is 1.73. The average molecular weight is 558 g/mol. The van der Waals surface area contributed by atoms with Crippen LogP contribution in [0.15, 0.2) is 86.5 Å². The van der Waals surface area contributed by atoms with E-state index < -0.39 is 12.0 Å². The highest BCUT2D eigenvalue weighted by Gasteiger charge is 2.35. The van der Waals surface area contributed by atoms with Gasteiger partial charge in [0.25, 0.3) is 5.56 Å². The number of carbonyl (C=O) groups is 1. The standard InChI is InChI=1S/C31H31N3O5S/c1-5-33(6-2)25-17-16-23(39-25)19-24-29(35)34-28(21-14-11-15-22(18-21)37-4)26(30(36)38-7-3)27(32-31(34)40-24)20-12-9-8-10-13-20/h8-19,28H,5-7H2,1-4H3/b24-19+/t28-/m0/s1. The van der Waals surface area contributed by atoms with Crippen molar-refractivity contribution in [1.29, 1.82) is 0 Å². The van der Waals surface area contributed by atoms with E-state index in [4.69, 9.17) is 18.9 Å². The Labute approximate surface area is 236 Å². The fraction of sp³-hybridized carbons (Fsp3) is 0.258. The Morgan fingerprint density at radius 1 is 1.07 bits per heavy atom. The second kappa shape index (κ2) is 11.8. The second-order valence-corrected chi connectivity index (χ2v) is 10.1. The molecule has 4 aromatic rings. The van der Waals surface area contributed by atoms with Crippen molar-refractivity contribution in [3.05, 3.63) is 109 Å². The molecule has 9 heteroatoms. The van der Waals surface area contributed by atoms with Gasteiger partial charge in [-0.15, -0.1) is 0 Å². The van der Waals surface area contributed by atoms with E-state index in [0.29, 0.717) is 37.7 Å². The summed E-state index contributed by atoms with van der Waals surface area (Å²) in [6.45, 7) is 7.69. The van der Waals surface area contributed by atoms with Crippen molar-refractivity contribution in [3.8, 4) is 5.75 Å². The van der Waals surface area contributed by atoms with Gasteiger partial charge >= 0.3 is 5.97 Å². The molecule has 1 aliphatic rings.